The Balaban J connectivity index is 1.73. The van der Waals surface area contributed by atoms with Crippen molar-refractivity contribution in [3.63, 3.8) is 0 Å². The second kappa shape index (κ2) is 7.01. The molecule has 4 rings (SSSR count). The SMILES string of the molecule is Cc1ccc(-c2csc(NC(=O)c3sc4ccsc4c3O)c2C(=O)O)c(F)c1. The van der Waals surface area contributed by atoms with Crippen molar-refractivity contribution in [1.82, 2.24) is 0 Å². The molecule has 142 valence electrons. The van der Waals surface area contributed by atoms with Crippen molar-refractivity contribution in [2.75, 3.05) is 5.32 Å². The monoisotopic (exact) mass is 433 g/mol. The smallest absolute Gasteiger partial charge is 0.339 e. The average molecular weight is 434 g/mol. The van der Waals surface area contributed by atoms with Crippen molar-refractivity contribution < 1.29 is 24.2 Å². The molecule has 28 heavy (non-hydrogen) atoms. The van der Waals surface area contributed by atoms with Crippen LogP contribution in [-0.2, 0) is 0 Å². The molecule has 0 fully saturated rings. The quantitative estimate of drug-likeness (QED) is 0.380. The van der Waals surface area contributed by atoms with E-state index in [0.717, 1.165) is 32.9 Å². The molecule has 0 unspecified atom stereocenters. The number of carbonyl (C=O) groups excluding carboxylic acids is 1. The molecule has 0 bridgehead atoms. The molecular formula is C19H12FNO4S3. The summed E-state index contributed by atoms with van der Waals surface area (Å²) in [6.07, 6.45) is 0. The zero-order valence-corrected chi connectivity index (χ0v) is 16.7. The number of hydrogen-bond donors (Lipinski definition) is 3. The molecular weight excluding hydrogens is 421 g/mol. The van der Waals surface area contributed by atoms with Gasteiger partial charge in [0.15, 0.2) is 5.75 Å². The van der Waals surface area contributed by atoms with Crippen LogP contribution in [0.15, 0.2) is 35.0 Å². The van der Waals surface area contributed by atoms with Crippen molar-refractivity contribution in [2.45, 2.75) is 6.92 Å². The average Bonchev–Trinajstić information content (AvgIpc) is 3.31. The standard InChI is InChI=1S/C19H12FNO4S3/c1-8-2-3-9(11(20)6-8)10-7-27-18(13(10)19(24)25)21-17(23)16-14(22)15-12(28-16)4-5-26-15/h2-7,22H,1H3,(H,21,23)(H,24,25). The maximum absolute atomic E-state index is 14.3. The summed E-state index contributed by atoms with van der Waals surface area (Å²) < 4.78 is 15.7. The number of amides is 1. The van der Waals surface area contributed by atoms with Gasteiger partial charge in [-0.05, 0) is 30.0 Å². The summed E-state index contributed by atoms with van der Waals surface area (Å²) in [7, 11) is 0. The normalized spacial score (nSPS) is 11.1. The Morgan fingerprint density at radius 1 is 1.14 bits per heavy atom. The Kier molecular flexibility index (Phi) is 4.66. The van der Waals surface area contributed by atoms with Crippen molar-refractivity contribution in [2.24, 2.45) is 0 Å². The largest absolute Gasteiger partial charge is 0.505 e. The lowest BCUT2D eigenvalue weighted by Gasteiger charge is -2.07. The number of aryl methyl sites for hydroxylation is 1. The first-order valence-corrected chi connectivity index (χ1v) is 10.6. The van der Waals surface area contributed by atoms with Crippen LogP contribution >= 0.6 is 34.0 Å². The van der Waals surface area contributed by atoms with E-state index < -0.39 is 17.7 Å². The molecule has 0 saturated carbocycles. The van der Waals surface area contributed by atoms with Crippen molar-refractivity contribution in [3.05, 3.63) is 56.8 Å². The van der Waals surface area contributed by atoms with Crippen LogP contribution in [0.25, 0.3) is 20.5 Å². The highest BCUT2D eigenvalue weighted by Crippen LogP contribution is 2.42. The molecule has 5 nitrogen and oxygen atoms in total. The molecule has 3 N–H and O–H groups in total. The summed E-state index contributed by atoms with van der Waals surface area (Å²) in [5, 5.41) is 25.8. The molecule has 0 aliphatic heterocycles. The number of benzene rings is 1. The number of thiophene rings is 3. The Morgan fingerprint density at radius 2 is 1.93 bits per heavy atom. The van der Waals surface area contributed by atoms with Gasteiger partial charge in [-0.3, -0.25) is 4.79 Å². The Hall–Kier alpha value is -2.75. The molecule has 0 atom stereocenters. The van der Waals surface area contributed by atoms with E-state index in [-0.39, 0.29) is 32.3 Å². The molecule has 1 aromatic carbocycles. The first kappa shape index (κ1) is 18.6. The zero-order chi connectivity index (χ0) is 20.0. The molecule has 3 aromatic heterocycles. The van der Waals surface area contributed by atoms with Crippen LogP contribution in [0.5, 0.6) is 5.75 Å². The number of halogens is 1. The van der Waals surface area contributed by atoms with Crippen LogP contribution in [0.1, 0.15) is 25.6 Å². The molecule has 3 heterocycles. The number of carboxylic acids is 1. The van der Waals surface area contributed by atoms with Gasteiger partial charge in [-0.1, -0.05) is 12.1 Å². The molecule has 0 aliphatic carbocycles. The minimum atomic E-state index is -1.28. The van der Waals surface area contributed by atoms with Crippen molar-refractivity contribution in [3.8, 4) is 16.9 Å². The van der Waals surface area contributed by atoms with Crippen LogP contribution < -0.4 is 5.32 Å². The van der Waals surface area contributed by atoms with Crippen molar-refractivity contribution in [1.29, 1.82) is 0 Å². The fourth-order valence-corrected chi connectivity index (χ4v) is 5.82. The Morgan fingerprint density at radius 3 is 2.61 bits per heavy atom. The van der Waals surface area contributed by atoms with E-state index in [1.807, 2.05) is 5.38 Å². The topological polar surface area (TPSA) is 86.6 Å². The highest BCUT2D eigenvalue weighted by molar-refractivity contribution is 7.28. The fourth-order valence-electron chi connectivity index (χ4n) is 2.82. The Labute approximate surface area is 170 Å². The maximum Gasteiger partial charge on any atom is 0.339 e. The third-order valence-electron chi connectivity index (χ3n) is 4.12. The molecule has 0 aliphatic rings. The summed E-state index contributed by atoms with van der Waals surface area (Å²) in [5.41, 5.74) is 0.884. The highest BCUT2D eigenvalue weighted by atomic mass is 32.1. The predicted octanol–water partition coefficient (Wildman–Crippen LogP) is 5.79. The van der Waals surface area contributed by atoms with E-state index >= 15 is 0 Å². The van der Waals surface area contributed by atoms with E-state index in [2.05, 4.69) is 5.32 Å². The number of fused-ring (bicyclic) bond motifs is 1. The number of rotatable bonds is 4. The van der Waals surface area contributed by atoms with Gasteiger partial charge in [0.2, 0.25) is 0 Å². The van der Waals surface area contributed by atoms with E-state index in [9.17, 15) is 24.2 Å². The van der Waals surface area contributed by atoms with Crippen LogP contribution in [0, 0.1) is 12.7 Å². The minimum absolute atomic E-state index is 0.0867. The van der Waals surface area contributed by atoms with Gasteiger partial charge in [-0.2, -0.15) is 0 Å². The number of anilines is 1. The molecule has 9 heteroatoms. The van der Waals surface area contributed by atoms with Crippen LogP contribution in [0.3, 0.4) is 0 Å². The molecule has 1 amide bonds. The van der Waals surface area contributed by atoms with Gasteiger partial charge >= 0.3 is 5.97 Å². The molecule has 4 aromatic rings. The van der Waals surface area contributed by atoms with E-state index in [4.69, 9.17) is 0 Å². The summed E-state index contributed by atoms with van der Waals surface area (Å²) >= 11 is 3.44. The van der Waals surface area contributed by atoms with Gasteiger partial charge in [0.25, 0.3) is 5.91 Å². The number of hydrogen-bond acceptors (Lipinski definition) is 6. The minimum Gasteiger partial charge on any atom is -0.505 e. The van der Waals surface area contributed by atoms with Gasteiger partial charge in [-0.25, -0.2) is 9.18 Å². The van der Waals surface area contributed by atoms with E-state index in [0.29, 0.717) is 4.70 Å². The van der Waals surface area contributed by atoms with Gasteiger partial charge in [-0.15, -0.1) is 34.0 Å². The molecule has 0 spiro atoms. The summed E-state index contributed by atoms with van der Waals surface area (Å²) in [6, 6.07) is 6.33. The highest BCUT2D eigenvalue weighted by Gasteiger charge is 2.25. The lowest BCUT2D eigenvalue weighted by Crippen LogP contribution is -2.12. The first-order valence-electron chi connectivity index (χ1n) is 7.98. The first-order chi connectivity index (χ1) is 13.4. The third kappa shape index (κ3) is 3.07. The van der Waals surface area contributed by atoms with Crippen LogP contribution in [0.2, 0.25) is 0 Å². The number of carboxylic acid groups (broad SMARTS) is 1. The number of aromatic carboxylic acids is 1. The second-order valence-corrected chi connectivity index (χ2v) is 8.84. The summed E-state index contributed by atoms with van der Waals surface area (Å²) in [4.78, 5) is 24.6. The van der Waals surface area contributed by atoms with Gasteiger partial charge in [0, 0.05) is 21.2 Å². The van der Waals surface area contributed by atoms with Gasteiger partial charge < -0.3 is 15.5 Å². The van der Waals surface area contributed by atoms with Crippen LogP contribution in [0.4, 0.5) is 9.39 Å². The maximum atomic E-state index is 14.3. The third-order valence-corrected chi connectivity index (χ3v) is 7.21. The summed E-state index contributed by atoms with van der Waals surface area (Å²) in [6.45, 7) is 1.74. The lowest BCUT2D eigenvalue weighted by molar-refractivity contribution is 0.0699. The van der Waals surface area contributed by atoms with E-state index in [1.165, 1.54) is 28.8 Å². The van der Waals surface area contributed by atoms with Gasteiger partial charge in [0.1, 0.15) is 21.3 Å². The zero-order valence-electron chi connectivity index (χ0n) is 14.3. The molecule has 0 radical (unpaired) electrons. The summed E-state index contributed by atoms with van der Waals surface area (Å²) in [5.74, 6) is -2.53. The molecule has 0 saturated heterocycles. The lowest BCUT2D eigenvalue weighted by atomic mass is 10.0. The van der Waals surface area contributed by atoms with Crippen molar-refractivity contribution >= 4 is 60.3 Å². The predicted molar refractivity (Wildman–Crippen MR) is 111 cm³/mol. The number of carbonyl (C=O) groups is 2. The van der Waals surface area contributed by atoms with Crippen LogP contribution in [-0.4, -0.2) is 22.1 Å². The number of aromatic hydroxyl groups is 1. The fraction of sp³-hybridized carbons (Fsp3) is 0.0526. The number of nitrogens with one attached hydrogen (secondary N) is 1. The Bertz CT molecular complexity index is 1240. The second-order valence-electron chi connectivity index (χ2n) is 5.99. The van der Waals surface area contributed by atoms with E-state index in [1.54, 1.807) is 19.1 Å². The van der Waals surface area contributed by atoms with Gasteiger partial charge in [0.05, 0.1) is 4.70 Å².